The van der Waals surface area contributed by atoms with Gasteiger partial charge in [0.15, 0.2) is 0 Å². The topological polar surface area (TPSA) is 83.6 Å². The number of piperidine rings is 1. The van der Waals surface area contributed by atoms with Gasteiger partial charge in [-0.1, -0.05) is 0 Å². The maximum atomic E-state index is 11.7. The van der Waals surface area contributed by atoms with Crippen LogP contribution in [0.4, 0.5) is 5.69 Å². The van der Waals surface area contributed by atoms with Crippen molar-refractivity contribution in [2.45, 2.75) is 12.8 Å². The molecule has 1 saturated heterocycles. The molecule has 2 rings (SSSR count). The number of methoxy groups -OCH3 is 1. The molecule has 0 aromatic carbocycles. The summed E-state index contributed by atoms with van der Waals surface area (Å²) in [5, 5.41) is 5.22. The number of hydrogen-bond acceptors (Lipinski definition) is 5. The van der Waals surface area contributed by atoms with Gasteiger partial charge in [0.2, 0.25) is 0 Å². The summed E-state index contributed by atoms with van der Waals surface area (Å²) in [6.07, 6.45) is 5.61. The third kappa shape index (κ3) is 5.52. The second-order valence-electron chi connectivity index (χ2n) is 5.60. The van der Waals surface area contributed by atoms with Gasteiger partial charge in [0.25, 0.3) is 0 Å². The van der Waals surface area contributed by atoms with Crippen molar-refractivity contribution in [1.82, 2.24) is 15.6 Å². The molecule has 0 atom stereocenters. The quantitative estimate of drug-likeness (QED) is 0.577. The van der Waals surface area contributed by atoms with E-state index in [-0.39, 0.29) is 0 Å². The van der Waals surface area contributed by atoms with Gasteiger partial charge >= 0.3 is 11.8 Å². The molecule has 0 unspecified atom stereocenters. The zero-order chi connectivity index (χ0) is 16.5. The fourth-order valence-electron chi connectivity index (χ4n) is 2.60. The molecule has 2 N–H and O–H groups in total. The normalized spacial score (nSPS) is 15.3. The number of nitrogens with one attached hydrogen (secondary N) is 2. The zero-order valence-electron chi connectivity index (χ0n) is 13.5. The lowest BCUT2D eigenvalue weighted by atomic mass is 9.96. The Bertz CT molecular complexity index is 501. The van der Waals surface area contributed by atoms with Crippen molar-refractivity contribution in [3.05, 3.63) is 24.5 Å². The molecule has 23 heavy (non-hydrogen) atoms. The summed E-state index contributed by atoms with van der Waals surface area (Å²) in [6.45, 7) is 3.15. The number of pyridine rings is 1. The molecular weight excluding hydrogens is 296 g/mol. The van der Waals surface area contributed by atoms with Crippen LogP contribution in [-0.2, 0) is 14.3 Å². The van der Waals surface area contributed by atoms with E-state index in [1.807, 2.05) is 12.3 Å². The Morgan fingerprint density at radius 3 is 2.70 bits per heavy atom. The highest BCUT2D eigenvalue weighted by Gasteiger charge is 2.21. The van der Waals surface area contributed by atoms with Gasteiger partial charge in [-0.3, -0.25) is 14.6 Å². The lowest BCUT2D eigenvalue weighted by molar-refractivity contribution is -0.139. The van der Waals surface area contributed by atoms with Crippen molar-refractivity contribution in [2.75, 3.05) is 44.8 Å². The molecule has 126 valence electrons. The average molecular weight is 320 g/mol. The van der Waals surface area contributed by atoms with Crippen molar-refractivity contribution in [1.29, 1.82) is 0 Å². The van der Waals surface area contributed by atoms with Crippen LogP contribution < -0.4 is 15.5 Å². The van der Waals surface area contributed by atoms with Crippen molar-refractivity contribution >= 4 is 17.5 Å². The van der Waals surface area contributed by atoms with Crippen LogP contribution in [0.3, 0.4) is 0 Å². The van der Waals surface area contributed by atoms with E-state index in [1.54, 1.807) is 13.3 Å². The smallest absolute Gasteiger partial charge is 0.309 e. The highest BCUT2D eigenvalue weighted by Crippen LogP contribution is 2.21. The number of amides is 2. The van der Waals surface area contributed by atoms with Crippen molar-refractivity contribution in [3.8, 4) is 0 Å². The summed E-state index contributed by atoms with van der Waals surface area (Å²) in [6, 6.07) is 3.99. The fraction of sp³-hybridized carbons (Fsp3) is 0.562. The molecule has 1 fully saturated rings. The van der Waals surface area contributed by atoms with Crippen LogP contribution in [0, 0.1) is 5.92 Å². The minimum absolute atomic E-state index is 0.340. The van der Waals surface area contributed by atoms with E-state index in [2.05, 4.69) is 26.6 Å². The molecule has 1 aromatic heterocycles. The molecule has 2 amide bonds. The van der Waals surface area contributed by atoms with Gasteiger partial charge < -0.3 is 20.3 Å². The van der Waals surface area contributed by atoms with Crippen LogP contribution in [-0.4, -0.2) is 56.7 Å². The van der Waals surface area contributed by atoms with Gasteiger partial charge in [0, 0.05) is 39.5 Å². The largest absolute Gasteiger partial charge is 0.383 e. The zero-order valence-corrected chi connectivity index (χ0v) is 13.5. The third-order valence-electron chi connectivity index (χ3n) is 3.97. The highest BCUT2D eigenvalue weighted by molar-refractivity contribution is 6.35. The number of ether oxygens (including phenoxy) is 1. The maximum Gasteiger partial charge on any atom is 0.309 e. The van der Waals surface area contributed by atoms with E-state index in [0.717, 1.165) is 31.6 Å². The van der Waals surface area contributed by atoms with Crippen molar-refractivity contribution in [3.63, 3.8) is 0 Å². The van der Waals surface area contributed by atoms with Gasteiger partial charge in [-0.25, -0.2) is 0 Å². The summed E-state index contributed by atoms with van der Waals surface area (Å²) in [5.41, 5.74) is 1.13. The SMILES string of the molecule is COCCNC(=O)C(=O)NCC1CCN(c2cccnc2)CC1. The number of anilines is 1. The molecule has 0 aliphatic carbocycles. The van der Waals surface area contributed by atoms with Crippen LogP contribution in [0.2, 0.25) is 0 Å². The molecular formula is C16H24N4O3. The lowest BCUT2D eigenvalue weighted by Gasteiger charge is -2.33. The monoisotopic (exact) mass is 320 g/mol. The predicted octanol–water partition coefficient (Wildman–Crippen LogP) is 0.177. The summed E-state index contributed by atoms with van der Waals surface area (Å²) < 4.78 is 4.82. The van der Waals surface area contributed by atoms with Crippen molar-refractivity contribution in [2.24, 2.45) is 5.92 Å². The molecule has 0 spiro atoms. The van der Waals surface area contributed by atoms with Crippen LogP contribution >= 0.6 is 0 Å². The van der Waals surface area contributed by atoms with Gasteiger partial charge in [-0.2, -0.15) is 0 Å². The Morgan fingerprint density at radius 2 is 2.04 bits per heavy atom. The maximum absolute atomic E-state index is 11.7. The van der Waals surface area contributed by atoms with E-state index in [1.165, 1.54) is 0 Å². The fourth-order valence-corrected chi connectivity index (χ4v) is 2.60. The molecule has 0 radical (unpaired) electrons. The summed E-state index contributed by atoms with van der Waals surface area (Å²) in [4.78, 5) is 29.6. The first kappa shape index (κ1) is 17.2. The number of carbonyl (C=O) groups excluding carboxylic acids is 2. The molecule has 1 aliphatic rings. The first-order valence-corrected chi connectivity index (χ1v) is 7.90. The molecule has 2 heterocycles. The molecule has 7 nitrogen and oxygen atoms in total. The van der Waals surface area contributed by atoms with E-state index in [9.17, 15) is 9.59 Å². The molecule has 1 aliphatic heterocycles. The molecule has 7 heteroatoms. The summed E-state index contributed by atoms with van der Waals surface area (Å²) in [5.74, 6) is -0.774. The summed E-state index contributed by atoms with van der Waals surface area (Å²) >= 11 is 0. The first-order chi connectivity index (χ1) is 11.2. The third-order valence-corrected chi connectivity index (χ3v) is 3.97. The standard InChI is InChI=1S/C16H24N4O3/c1-23-10-7-18-15(21)16(22)19-11-13-4-8-20(9-5-13)14-3-2-6-17-12-14/h2-3,6,12-13H,4-5,7-11H2,1H3,(H,18,21)(H,19,22). The number of carbonyl (C=O) groups is 2. The Kier molecular flexibility index (Phi) is 6.80. The minimum Gasteiger partial charge on any atom is -0.383 e. The van der Waals surface area contributed by atoms with E-state index in [4.69, 9.17) is 4.74 Å². The Labute approximate surface area is 136 Å². The highest BCUT2D eigenvalue weighted by atomic mass is 16.5. The Morgan fingerprint density at radius 1 is 1.30 bits per heavy atom. The number of aromatic nitrogens is 1. The molecule has 1 aromatic rings. The Hall–Kier alpha value is -2.15. The van der Waals surface area contributed by atoms with Gasteiger partial charge in [0.1, 0.15) is 0 Å². The van der Waals surface area contributed by atoms with Gasteiger partial charge in [0.05, 0.1) is 18.5 Å². The van der Waals surface area contributed by atoms with Crippen LogP contribution in [0.1, 0.15) is 12.8 Å². The lowest BCUT2D eigenvalue weighted by Crippen LogP contribution is -2.44. The van der Waals surface area contributed by atoms with E-state index >= 15 is 0 Å². The van der Waals surface area contributed by atoms with Crippen LogP contribution in [0.25, 0.3) is 0 Å². The molecule has 0 bridgehead atoms. The number of hydrogen-bond donors (Lipinski definition) is 2. The van der Waals surface area contributed by atoms with Crippen LogP contribution in [0.5, 0.6) is 0 Å². The number of nitrogens with zero attached hydrogens (tertiary/aromatic N) is 2. The number of rotatable bonds is 6. The van der Waals surface area contributed by atoms with Gasteiger partial charge in [-0.15, -0.1) is 0 Å². The first-order valence-electron chi connectivity index (χ1n) is 7.90. The second-order valence-corrected chi connectivity index (χ2v) is 5.60. The van der Waals surface area contributed by atoms with Crippen LogP contribution in [0.15, 0.2) is 24.5 Å². The minimum atomic E-state index is -0.602. The average Bonchev–Trinajstić information content (AvgIpc) is 2.61. The van der Waals surface area contributed by atoms with Crippen molar-refractivity contribution < 1.29 is 14.3 Å². The van der Waals surface area contributed by atoms with Gasteiger partial charge in [-0.05, 0) is 30.9 Å². The summed E-state index contributed by atoms with van der Waals surface area (Å²) in [7, 11) is 1.55. The molecule has 0 saturated carbocycles. The Balaban J connectivity index is 1.66. The van der Waals surface area contributed by atoms with E-state index in [0.29, 0.717) is 25.6 Å². The van der Waals surface area contributed by atoms with E-state index < -0.39 is 11.8 Å². The second kappa shape index (κ2) is 9.09. The predicted molar refractivity (Wildman–Crippen MR) is 87.1 cm³/mol.